The number of carbonyl (C=O) groups is 2. The van der Waals surface area contributed by atoms with Crippen LogP contribution in [0.25, 0.3) is 0 Å². The lowest BCUT2D eigenvalue weighted by Gasteiger charge is -2.29. The van der Waals surface area contributed by atoms with Crippen LogP contribution in [0, 0.1) is 13.8 Å². The smallest absolute Gasteiger partial charge is 0.244 e. The van der Waals surface area contributed by atoms with Crippen molar-refractivity contribution in [1.82, 2.24) is 14.9 Å². The molecule has 2 amide bonds. The normalized spacial score (nSPS) is 17.6. The van der Waals surface area contributed by atoms with Gasteiger partial charge in [-0.3, -0.25) is 9.59 Å². The first-order valence-corrected chi connectivity index (χ1v) is 12.6. The summed E-state index contributed by atoms with van der Waals surface area (Å²) in [6, 6.07) is 4.28. The van der Waals surface area contributed by atoms with Crippen LogP contribution < -0.4 is 10.0 Å². The van der Waals surface area contributed by atoms with Crippen LogP contribution in [-0.2, 0) is 29.4 Å². The molecular weight excluding hydrogens is 418 g/mol. The number of carbonyl (C=O) groups excluding carboxylic acids is 2. The number of hydrogen-bond donors (Lipinski definition) is 2. The molecule has 1 aliphatic heterocycles. The Morgan fingerprint density at radius 1 is 1.17 bits per heavy atom. The first-order valence-electron chi connectivity index (χ1n) is 9.27. The van der Waals surface area contributed by atoms with Crippen molar-refractivity contribution >= 4 is 31.7 Å². The van der Waals surface area contributed by atoms with Gasteiger partial charge in [-0.2, -0.15) is 0 Å². The number of hydrogen-bond acceptors (Lipinski definition) is 6. The summed E-state index contributed by atoms with van der Waals surface area (Å²) in [7, 11) is -6.84. The van der Waals surface area contributed by atoms with Gasteiger partial charge >= 0.3 is 0 Å². The molecule has 2 N–H and O–H groups in total. The fourth-order valence-electron chi connectivity index (χ4n) is 2.96. The van der Waals surface area contributed by atoms with Gasteiger partial charge < -0.3 is 10.2 Å². The van der Waals surface area contributed by atoms with E-state index in [2.05, 4.69) is 10.0 Å². The Labute approximate surface area is 171 Å². The minimum Gasteiger partial charge on any atom is -0.345 e. The van der Waals surface area contributed by atoms with Crippen molar-refractivity contribution in [2.24, 2.45) is 0 Å². The second-order valence-electron chi connectivity index (χ2n) is 7.18. The molecule has 0 radical (unpaired) electrons. The minimum absolute atomic E-state index is 0.0838. The number of nitrogens with one attached hydrogen (secondary N) is 2. The van der Waals surface area contributed by atoms with E-state index in [0.717, 1.165) is 5.56 Å². The van der Waals surface area contributed by atoms with E-state index in [1.165, 1.54) is 11.8 Å². The molecule has 11 heteroatoms. The highest BCUT2D eigenvalue weighted by Crippen LogP contribution is 2.16. The second-order valence-corrected chi connectivity index (χ2v) is 11.2. The lowest BCUT2D eigenvalue weighted by Crippen LogP contribution is -2.51. The topological polar surface area (TPSA) is 130 Å². The number of sulfone groups is 1. The molecule has 1 saturated heterocycles. The molecule has 9 nitrogen and oxygen atoms in total. The number of aryl methyl sites for hydroxylation is 2. The molecule has 0 bridgehead atoms. The van der Waals surface area contributed by atoms with Crippen LogP contribution in [0.5, 0.6) is 0 Å². The quantitative estimate of drug-likeness (QED) is 0.594. The molecule has 29 heavy (non-hydrogen) atoms. The van der Waals surface area contributed by atoms with Crippen LogP contribution in [0.2, 0.25) is 0 Å². The number of benzene rings is 1. The van der Waals surface area contributed by atoms with E-state index in [9.17, 15) is 26.4 Å². The summed E-state index contributed by atoms with van der Waals surface area (Å²) >= 11 is 0. The highest BCUT2D eigenvalue weighted by atomic mass is 32.2. The SMILES string of the molecule is Cc1ccc(C)c(S(=O)(=O)NCCC(=O)NC(C)C(=O)N2CCS(=O)(=O)CC2)c1. The van der Waals surface area contributed by atoms with Crippen molar-refractivity contribution in [2.75, 3.05) is 31.1 Å². The summed E-state index contributed by atoms with van der Waals surface area (Å²) in [5.41, 5.74) is 1.42. The molecule has 1 aromatic rings. The zero-order chi connectivity index (χ0) is 21.8. The van der Waals surface area contributed by atoms with Crippen molar-refractivity contribution in [1.29, 1.82) is 0 Å². The van der Waals surface area contributed by atoms with Gasteiger partial charge in [0.05, 0.1) is 16.4 Å². The molecule has 0 saturated carbocycles. The number of sulfonamides is 1. The summed E-state index contributed by atoms with van der Waals surface area (Å²) in [4.78, 5) is 26.0. The van der Waals surface area contributed by atoms with Crippen molar-refractivity contribution in [3.05, 3.63) is 29.3 Å². The monoisotopic (exact) mass is 445 g/mol. The first kappa shape index (κ1) is 23.3. The molecule has 0 aromatic heterocycles. The van der Waals surface area contributed by atoms with Crippen molar-refractivity contribution in [2.45, 2.75) is 38.1 Å². The van der Waals surface area contributed by atoms with Crippen molar-refractivity contribution < 1.29 is 26.4 Å². The predicted molar refractivity (Wildman–Crippen MR) is 109 cm³/mol. The average Bonchev–Trinajstić information content (AvgIpc) is 2.62. The Morgan fingerprint density at radius 3 is 2.41 bits per heavy atom. The summed E-state index contributed by atoms with van der Waals surface area (Å²) < 4.78 is 50.1. The van der Waals surface area contributed by atoms with Crippen LogP contribution in [-0.4, -0.2) is 70.7 Å². The Morgan fingerprint density at radius 2 is 1.79 bits per heavy atom. The highest BCUT2D eigenvalue weighted by Gasteiger charge is 2.28. The van der Waals surface area contributed by atoms with Gasteiger partial charge in [-0.1, -0.05) is 12.1 Å². The number of nitrogens with zero attached hydrogens (tertiary/aromatic N) is 1. The Kier molecular flexibility index (Phi) is 7.41. The summed E-state index contributed by atoms with van der Waals surface area (Å²) in [5, 5.41) is 2.53. The number of amides is 2. The van der Waals surface area contributed by atoms with E-state index in [0.29, 0.717) is 5.56 Å². The summed E-state index contributed by atoms with van der Waals surface area (Å²) in [6.45, 7) is 5.12. The maximum absolute atomic E-state index is 12.4. The predicted octanol–water partition coefficient (Wildman–Crippen LogP) is -0.266. The molecule has 1 heterocycles. The van der Waals surface area contributed by atoms with Crippen LogP contribution in [0.15, 0.2) is 23.1 Å². The maximum atomic E-state index is 12.4. The molecule has 1 aliphatic rings. The van der Waals surface area contributed by atoms with Gasteiger partial charge in [0, 0.05) is 26.1 Å². The van der Waals surface area contributed by atoms with E-state index in [1.54, 1.807) is 26.0 Å². The van der Waals surface area contributed by atoms with Gasteiger partial charge in [0.15, 0.2) is 9.84 Å². The lowest BCUT2D eigenvalue weighted by atomic mass is 10.2. The average molecular weight is 446 g/mol. The molecule has 1 atom stereocenters. The van der Waals surface area contributed by atoms with Crippen LogP contribution in [0.3, 0.4) is 0 Å². The molecule has 162 valence electrons. The third-order valence-corrected chi connectivity index (χ3v) is 7.89. The molecular formula is C18H27N3O6S2. The Balaban J connectivity index is 1.83. The van der Waals surface area contributed by atoms with Crippen molar-refractivity contribution in [3.8, 4) is 0 Å². The third kappa shape index (κ3) is 6.51. The summed E-state index contributed by atoms with van der Waals surface area (Å²) in [5.74, 6) is -0.998. The largest absolute Gasteiger partial charge is 0.345 e. The van der Waals surface area contributed by atoms with E-state index in [-0.39, 0.29) is 48.4 Å². The van der Waals surface area contributed by atoms with E-state index >= 15 is 0 Å². The number of rotatable bonds is 7. The molecule has 0 spiro atoms. The molecule has 0 aliphatic carbocycles. The van der Waals surface area contributed by atoms with Gasteiger partial charge in [0.1, 0.15) is 6.04 Å². The van der Waals surface area contributed by atoms with Gasteiger partial charge in [0.25, 0.3) is 0 Å². The molecule has 1 fully saturated rings. The van der Waals surface area contributed by atoms with E-state index < -0.39 is 31.8 Å². The zero-order valence-electron chi connectivity index (χ0n) is 16.8. The standard InChI is InChI=1S/C18H27N3O6S2/c1-13-4-5-14(2)16(12-13)29(26,27)19-7-6-17(22)20-15(3)18(23)21-8-10-28(24,25)11-9-21/h4-5,12,15,19H,6-11H2,1-3H3,(H,20,22). The first-order chi connectivity index (χ1) is 13.4. The zero-order valence-corrected chi connectivity index (χ0v) is 18.4. The lowest BCUT2D eigenvalue weighted by molar-refractivity contribution is -0.135. The van der Waals surface area contributed by atoms with Crippen LogP contribution >= 0.6 is 0 Å². The van der Waals surface area contributed by atoms with Crippen LogP contribution in [0.1, 0.15) is 24.5 Å². The van der Waals surface area contributed by atoms with Crippen molar-refractivity contribution in [3.63, 3.8) is 0 Å². The molecule has 1 unspecified atom stereocenters. The minimum atomic E-state index is -3.74. The molecule has 1 aromatic carbocycles. The fraction of sp³-hybridized carbons (Fsp3) is 0.556. The van der Waals surface area contributed by atoms with Gasteiger partial charge in [-0.05, 0) is 38.0 Å². The van der Waals surface area contributed by atoms with Gasteiger partial charge in [-0.15, -0.1) is 0 Å². The Bertz CT molecular complexity index is 975. The Hall–Kier alpha value is -1.98. The second kappa shape index (κ2) is 9.23. The highest BCUT2D eigenvalue weighted by molar-refractivity contribution is 7.91. The third-order valence-electron chi connectivity index (χ3n) is 4.68. The molecule has 2 rings (SSSR count). The van der Waals surface area contributed by atoms with E-state index in [1.807, 2.05) is 6.07 Å². The van der Waals surface area contributed by atoms with E-state index in [4.69, 9.17) is 0 Å². The van der Waals surface area contributed by atoms with Crippen LogP contribution in [0.4, 0.5) is 0 Å². The van der Waals surface area contributed by atoms with Gasteiger partial charge in [-0.25, -0.2) is 21.6 Å². The maximum Gasteiger partial charge on any atom is 0.244 e. The summed E-state index contributed by atoms with van der Waals surface area (Å²) in [6.07, 6.45) is -0.129. The van der Waals surface area contributed by atoms with Gasteiger partial charge in [0.2, 0.25) is 21.8 Å². The fourth-order valence-corrected chi connectivity index (χ4v) is 5.52.